The van der Waals surface area contributed by atoms with Crippen LogP contribution in [0.3, 0.4) is 0 Å². The van der Waals surface area contributed by atoms with Crippen molar-refractivity contribution in [1.82, 2.24) is 5.32 Å². The highest BCUT2D eigenvalue weighted by Gasteiger charge is 2.34. The van der Waals surface area contributed by atoms with E-state index in [0.717, 1.165) is 35.2 Å². The molecule has 1 aromatic rings. The molecule has 0 spiro atoms. The number of nitrogens with one attached hydrogen (secondary N) is 1. The van der Waals surface area contributed by atoms with Gasteiger partial charge in [0.15, 0.2) is 0 Å². The number of nitrogens with zero attached hydrogens (tertiary/aromatic N) is 1. The molecule has 0 saturated carbocycles. The van der Waals surface area contributed by atoms with Gasteiger partial charge in [0, 0.05) is 30.2 Å². The van der Waals surface area contributed by atoms with Gasteiger partial charge in [0.25, 0.3) is 0 Å². The molecule has 112 valence electrons. The number of piperazine rings is 1. The highest BCUT2D eigenvalue weighted by atomic mass is 35.5. The van der Waals surface area contributed by atoms with E-state index in [1.807, 2.05) is 18.2 Å². The smallest absolute Gasteiger partial charge is 0.0640 e. The summed E-state index contributed by atoms with van der Waals surface area (Å²) in [6.07, 6.45) is 1.09. The molecular weight excluding hydrogens is 291 g/mol. The molecule has 2 atom stereocenters. The fourth-order valence-corrected chi connectivity index (χ4v) is 3.14. The fourth-order valence-electron chi connectivity index (χ4n) is 2.74. The second-order valence-electron chi connectivity index (χ2n) is 6.64. The number of anilines is 1. The van der Waals surface area contributed by atoms with Crippen molar-refractivity contribution >= 4 is 28.9 Å². The largest absolute Gasteiger partial charge is 0.364 e. The number of halogens is 2. The molecule has 20 heavy (non-hydrogen) atoms. The lowest BCUT2D eigenvalue weighted by molar-refractivity contribution is 0.234. The van der Waals surface area contributed by atoms with Crippen LogP contribution in [0.2, 0.25) is 10.0 Å². The van der Waals surface area contributed by atoms with E-state index in [1.165, 1.54) is 0 Å². The molecule has 2 rings (SSSR count). The Kier molecular flexibility index (Phi) is 4.88. The molecule has 1 fully saturated rings. The van der Waals surface area contributed by atoms with Crippen molar-refractivity contribution in [3.63, 3.8) is 0 Å². The first-order valence-corrected chi connectivity index (χ1v) is 8.03. The van der Waals surface area contributed by atoms with E-state index in [0.29, 0.717) is 12.1 Å². The van der Waals surface area contributed by atoms with Gasteiger partial charge >= 0.3 is 0 Å². The Balaban J connectivity index is 2.32. The molecule has 1 aliphatic rings. The Hall–Kier alpha value is -0.440. The molecule has 1 aliphatic heterocycles. The van der Waals surface area contributed by atoms with E-state index < -0.39 is 0 Å². The summed E-state index contributed by atoms with van der Waals surface area (Å²) in [7, 11) is 0. The minimum Gasteiger partial charge on any atom is -0.364 e. The van der Waals surface area contributed by atoms with Crippen LogP contribution in [-0.4, -0.2) is 25.2 Å². The quantitative estimate of drug-likeness (QED) is 0.858. The molecule has 2 nitrogen and oxygen atoms in total. The summed E-state index contributed by atoms with van der Waals surface area (Å²) in [5.74, 6) is 0. The van der Waals surface area contributed by atoms with Crippen LogP contribution in [0.1, 0.15) is 34.1 Å². The molecule has 1 N–H and O–H groups in total. The third-order valence-corrected chi connectivity index (χ3v) is 4.71. The van der Waals surface area contributed by atoms with Crippen LogP contribution in [0.4, 0.5) is 5.69 Å². The minimum absolute atomic E-state index is 0.224. The molecule has 0 bridgehead atoms. The zero-order valence-corrected chi connectivity index (χ0v) is 14.2. The van der Waals surface area contributed by atoms with Gasteiger partial charge in [-0.05, 0) is 30.0 Å². The van der Waals surface area contributed by atoms with E-state index in [1.54, 1.807) is 0 Å². The van der Waals surface area contributed by atoms with Gasteiger partial charge in [-0.25, -0.2) is 0 Å². The molecule has 0 aliphatic carbocycles. The lowest BCUT2D eigenvalue weighted by Crippen LogP contribution is -2.60. The minimum atomic E-state index is 0.224. The van der Waals surface area contributed by atoms with E-state index in [4.69, 9.17) is 23.2 Å². The number of rotatable bonds is 2. The van der Waals surface area contributed by atoms with Gasteiger partial charge in [0.05, 0.1) is 10.7 Å². The summed E-state index contributed by atoms with van der Waals surface area (Å²) in [5.41, 5.74) is 1.28. The summed E-state index contributed by atoms with van der Waals surface area (Å²) in [5, 5.41) is 5.20. The fraction of sp³-hybridized carbons (Fsp3) is 0.625. The van der Waals surface area contributed by atoms with Gasteiger partial charge in [-0.15, -0.1) is 0 Å². The summed E-state index contributed by atoms with van der Waals surface area (Å²) in [6, 6.07) is 6.63. The van der Waals surface area contributed by atoms with E-state index >= 15 is 0 Å². The van der Waals surface area contributed by atoms with Crippen molar-refractivity contribution in [3.8, 4) is 0 Å². The molecule has 0 aromatic heterocycles. The van der Waals surface area contributed by atoms with E-state index in [2.05, 4.69) is 37.9 Å². The van der Waals surface area contributed by atoms with Crippen molar-refractivity contribution in [1.29, 1.82) is 0 Å². The van der Waals surface area contributed by atoms with Crippen molar-refractivity contribution in [3.05, 3.63) is 28.2 Å². The predicted molar refractivity (Wildman–Crippen MR) is 89.1 cm³/mol. The van der Waals surface area contributed by atoms with Crippen molar-refractivity contribution in [2.45, 2.75) is 46.2 Å². The second-order valence-corrected chi connectivity index (χ2v) is 7.48. The molecule has 1 aromatic carbocycles. The van der Waals surface area contributed by atoms with Gasteiger partial charge in [-0.3, -0.25) is 0 Å². The molecule has 4 heteroatoms. The van der Waals surface area contributed by atoms with Crippen LogP contribution < -0.4 is 10.2 Å². The normalized spacial score (nSPS) is 24.0. The first-order valence-electron chi connectivity index (χ1n) is 7.28. The van der Waals surface area contributed by atoms with Crippen molar-refractivity contribution in [2.75, 3.05) is 18.0 Å². The predicted octanol–water partition coefficient (Wildman–Crippen LogP) is 4.60. The zero-order chi connectivity index (χ0) is 14.9. The van der Waals surface area contributed by atoms with Gasteiger partial charge in [-0.1, -0.05) is 50.9 Å². The SMILES string of the molecule is CCC1CNC(C(C)(C)C)CN1c1cc(Cl)ccc1Cl. The zero-order valence-electron chi connectivity index (χ0n) is 12.7. The van der Waals surface area contributed by atoms with E-state index in [-0.39, 0.29) is 5.41 Å². The van der Waals surface area contributed by atoms with Gasteiger partial charge in [-0.2, -0.15) is 0 Å². The van der Waals surface area contributed by atoms with Gasteiger partial charge in [0.1, 0.15) is 0 Å². The average molecular weight is 315 g/mol. The summed E-state index contributed by atoms with van der Waals surface area (Å²) < 4.78 is 0. The lowest BCUT2D eigenvalue weighted by atomic mass is 9.84. The monoisotopic (exact) mass is 314 g/mol. The van der Waals surface area contributed by atoms with Crippen molar-refractivity contribution < 1.29 is 0 Å². The number of hydrogen-bond acceptors (Lipinski definition) is 2. The van der Waals surface area contributed by atoms with Gasteiger partial charge in [0.2, 0.25) is 0 Å². The maximum absolute atomic E-state index is 6.39. The maximum Gasteiger partial charge on any atom is 0.0640 e. The summed E-state index contributed by atoms with van der Waals surface area (Å²) in [4.78, 5) is 2.42. The van der Waals surface area contributed by atoms with Gasteiger partial charge < -0.3 is 10.2 Å². The second kappa shape index (κ2) is 6.13. The number of hydrogen-bond donors (Lipinski definition) is 1. The van der Waals surface area contributed by atoms with E-state index in [9.17, 15) is 0 Å². The summed E-state index contributed by atoms with van der Waals surface area (Å²) in [6.45, 7) is 11.0. The van der Waals surface area contributed by atoms with Crippen LogP contribution >= 0.6 is 23.2 Å². The summed E-state index contributed by atoms with van der Waals surface area (Å²) >= 11 is 12.5. The third kappa shape index (κ3) is 3.41. The van der Waals surface area contributed by atoms with Crippen LogP contribution in [-0.2, 0) is 0 Å². The Morgan fingerprint density at radius 3 is 2.60 bits per heavy atom. The Morgan fingerprint density at radius 1 is 1.30 bits per heavy atom. The molecular formula is C16H24Cl2N2. The maximum atomic E-state index is 6.39. The Bertz CT molecular complexity index is 468. The van der Waals surface area contributed by atoms with Crippen LogP contribution in [0.5, 0.6) is 0 Å². The lowest BCUT2D eigenvalue weighted by Gasteiger charge is -2.46. The molecule has 1 saturated heterocycles. The molecule has 2 unspecified atom stereocenters. The Morgan fingerprint density at radius 2 is 2.00 bits per heavy atom. The molecule has 1 heterocycles. The molecule has 0 radical (unpaired) electrons. The average Bonchev–Trinajstić information content (AvgIpc) is 2.40. The standard InChI is InChI=1S/C16H24Cl2N2/c1-5-12-9-19-15(16(2,3)4)10-20(12)14-8-11(17)6-7-13(14)18/h6-8,12,15,19H,5,9-10H2,1-4H3. The Labute approximate surface area is 132 Å². The number of benzene rings is 1. The first kappa shape index (κ1) is 15.9. The third-order valence-electron chi connectivity index (χ3n) is 4.15. The molecule has 0 amide bonds. The van der Waals surface area contributed by atoms with Crippen molar-refractivity contribution in [2.24, 2.45) is 5.41 Å². The van der Waals surface area contributed by atoms with Crippen LogP contribution in [0.25, 0.3) is 0 Å². The van der Waals surface area contributed by atoms with Crippen LogP contribution in [0.15, 0.2) is 18.2 Å². The highest BCUT2D eigenvalue weighted by molar-refractivity contribution is 6.35. The highest BCUT2D eigenvalue weighted by Crippen LogP contribution is 2.34. The first-order chi connectivity index (χ1) is 9.32. The van der Waals surface area contributed by atoms with Crippen LogP contribution in [0, 0.1) is 5.41 Å². The topological polar surface area (TPSA) is 15.3 Å².